The maximum Gasteiger partial charge on any atom is 0.154 e. The van der Waals surface area contributed by atoms with Crippen LogP contribution in [0, 0.1) is 0 Å². The van der Waals surface area contributed by atoms with Gasteiger partial charge in [-0.3, -0.25) is 5.43 Å². The molecule has 0 saturated heterocycles. The van der Waals surface area contributed by atoms with Gasteiger partial charge in [0.25, 0.3) is 0 Å². The molecule has 0 aliphatic rings. The first kappa shape index (κ1) is 16.1. The predicted octanol–water partition coefficient (Wildman–Crippen LogP) is 5.15. The van der Waals surface area contributed by atoms with E-state index in [1.807, 2.05) is 84.9 Å². The fourth-order valence-corrected chi connectivity index (χ4v) is 2.36. The largest absolute Gasteiger partial charge is 0.261 e. The summed E-state index contributed by atoms with van der Waals surface area (Å²) in [5.41, 5.74) is 5.93. The van der Waals surface area contributed by atoms with Gasteiger partial charge in [0.15, 0.2) is 5.84 Å². The molecule has 3 nitrogen and oxygen atoms in total. The Morgan fingerprint density at radius 3 is 2.08 bits per heavy atom. The average molecular weight is 378 g/mol. The summed E-state index contributed by atoms with van der Waals surface area (Å²) in [6, 6.07) is 27.7. The zero-order valence-electron chi connectivity index (χ0n) is 12.9. The average Bonchev–Trinajstić information content (AvgIpc) is 2.64. The van der Waals surface area contributed by atoms with Crippen molar-refractivity contribution in [3.63, 3.8) is 0 Å². The van der Waals surface area contributed by atoms with Crippen LogP contribution in [-0.4, -0.2) is 12.1 Å². The highest BCUT2D eigenvalue weighted by Crippen LogP contribution is 2.12. The number of amidine groups is 1. The van der Waals surface area contributed by atoms with Crippen molar-refractivity contribution in [2.75, 3.05) is 0 Å². The summed E-state index contributed by atoms with van der Waals surface area (Å²) in [6.07, 6.45) is 1.77. The third kappa shape index (κ3) is 4.64. The van der Waals surface area contributed by atoms with E-state index in [9.17, 15) is 0 Å². The Hall–Kier alpha value is -2.72. The number of hydrogen-bond acceptors (Lipinski definition) is 2. The van der Waals surface area contributed by atoms with Gasteiger partial charge in [-0.2, -0.15) is 5.10 Å². The molecule has 0 spiro atoms. The van der Waals surface area contributed by atoms with Crippen molar-refractivity contribution >= 4 is 33.7 Å². The van der Waals surface area contributed by atoms with E-state index >= 15 is 0 Å². The first-order valence-electron chi connectivity index (χ1n) is 7.55. The highest BCUT2D eigenvalue weighted by atomic mass is 79.9. The summed E-state index contributed by atoms with van der Waals surface area (Å²) in [4.78, 5) is 4.66. The Morgan fingerprint density at radius 1 is 0.792 bits per heavy atom. The Balaban J connectivity index is 1.83. The van der Waals surface area contributed by atoms with E-state index in [0.29, 0.717) is 5.84 Å². The molecule has 24 heavy (non-hydrogen) atoms. The van der Waals surface area contributed by atoms with E-state index in [2.05, 4.69) is 31.4 Å². The van der Waals surface area contributed by atoms with Gasteiger partial charge in [-0.05, 0) is 29.8 Å². The highest BCUT2D eigenvalue weighted by molar-refractivity contribution is 9.10. The minimum Gasteiger partial charge on any atom is -0.261 e. The lowest BCUT2D eigenvalue weighted by Gasteiger charge is -2.06. The van der Waals surface area contributed by atoms with Crippen LogP contribution in [0.15, 0.2) is 99.5 Å². The molecule has 4 heteroatoms. The second-order valence-corrected chi connectivity index (χ2v) is 6.00. The second-order valence-electron chi connectivity index (χ2n) is 5.08. The maximum atomic E-state index is 4.66. The third-order valence-corrected chi connectivity index (χ3v) is 3.83. The van der Waals surface area contributed by atoms with Gasteiger partial charge in [-0.1, -0.05) is 76.6 Å². The molecule has 0 aromatic heterocycles. The SMILES string of the molecule is Brc1ccc(/C=N/NC(=Nc2ccccc2)c2ccccc2)cc1. The summed E-state index contributed by atoms with van der Waals surface area (Å²) in [6.45, 7) is 0. The van der Waals surface area contributed by atoms with Crippen LogP contribution in [0.2, 0.25) is 0 Å². The molecule has 0 bridgehead atoms. The summed E-state index contributed by atoms with van der Waals surface area (Å²) >= 11 is 3.43. The Labute approximate surface area is 149 Å². The van der Waals surface area contributed by atoms with Crippen LogP contribution in [0.4, 0.5) is 5.69 Å². The van der Waals surface area contributed by atoms with Gasteiger partial charge in [0, 0.05) is 10.0 Å². The lowest BCUT2D eigenvalue weighted by atomic mass is 10.2. The normalized spacial score (nSPS) is 11.6. The molecule has 118 valence electrons. The fourth-order valence-electron chi connectivity index (χ4n) is 2.10. The number of para-hydroxylation sites is 1. The number of hydrogen-bond donors (Lipinski definition) is 1. The van der Waals surface area contributed by atoms with E-state index in [-0.39, 0.29) is 0 Å². The first-order chi connectivity index (χ1) is 11.8. The Morgan fingerprint density at radius 2 is 1.42 bits per heavy atom. The number of rotatable bonds is 4. The van der Waals surface area contributed by atoms with Crippen LogP contribution < -0.4 is 5.43 Å². The van der Waals surface area contributed by atoms with E-state index in [1.54, 1.807) is 6.21 Å². The molecule has 1 N–H and O–H groups in total. The molecule has 0 aliphatic carbocycles. The third-order valence-electron chi connectivity index (χ3n) is 3.30. The van der Waals surface area contributed by atoms with Crippen molar-refractivity contribution < 1.29 is 0 Å². The summed E-state index contributed by atoms with van der Waals surface area (Å²) in [7, 11) is 0. The zero-order valence-corrected chi connectivity index (χ0v) is 14.5. The number of nitrogens with one attached hydrogen (secondary N) is 1. The number of benzene rings is 3. The fraction of sp³-hybridized carbons (Fsp3) is 0. The Bertz CT molecular complexity index is 826. The van der Waals surface area contributed by atoms with Crippen molar-refractivity contribution in [2.24, 2.45) is 10.1 Å². The number of nitrogens with zero attached hydrogens (tertiary/aromatic N) is 2. The molecule has 0 saturated carbocycles. The molecule has 0 unspecified atom stereocenters. The number of aliphatic imine (C=N–C) groups is 1. The molecule has 0 fully saturated rings. The molecule has 3 rings (SSSR count). The standard InChI is InChI=1S/C20H16BrN3/c21-18-13-11-16(12-14-18)15-22-24-20(17-7-3-1-4-8-17)23-19-9-5-2-6-10-19/h1-15H,(H,23,24)/b22-15+. The highest BCUT2D eigenvalue weighted by Gasteiger charge is 2.02. The smallest absolute Gasteiger partial charge is 0.154 e. The molecular formula is C20H16BrN3. The van der Waals surface area contributed by atoms with Crippen LogP contribution >= 0.6 is 15.9 Å². The quantitative estimate of drug-likeness (QED) is 0.380. The van der Waals surface area contributed by atoms with Crippen molar-refractivity contribution in [3.8, 4) is 0 Å². The van der Waals surface area contributed by atoms with Crippen LogP contribution in [0.1, 0.15) is 11.1 Å². The van der Waals surface area contributed by atoms with Gasteiger partial charge in [-0.25, -0.2) is 4.99 Å². The van der Waals surface area contributed by atoms with E-state index < -0.39 is 0 Å². The minimum absolute atomic E-state index is 0.704. The van der Waals surface area contributed by atoms with E-state index in [1.165, 1.54) is 0 Å². The van der Waals surface area contributed by atoms with Gasteiger partial charge in [0.05, 0.1) is 11.9 Å². The molecule has 0 amide bonds. The molecular weight excluding hydrogens is 362 g/mol. The van der Waals surface area contributed by atoms with Crippen LogP contribution in [-0.2, 0) is 0 Å². The van der Waals surface area contributed by atoms with E-state index in [4.69, 9.17) is 0 Å². The topological polar surface area (TPSA) is 36.8 Å². The first-order valence-corrected chi connectivity index (χ1v) is 8.34. The van der Waals surface area contributed by atoms with Gasteiger partial charge in [-0.15, -0.1) is 0 Å². The molecule has 3 aromatic rings. The van der Waals surface area contributed by atoms with Crippen LogP contribution in [0.25, 0.3) is 0 Å². The van der Waals surface area contributed by atoms with Crippen molar-refractivity contribution in [1.29, 1.82) is 0 Å². The van der Waals surface area contributed by atoms with Gasteiger partial charge < -0.3 is 0 Å². The van der Waals surface area contributed by atoms with Crippen LogP contribution in [0.5, 0.6) is 0 Å². The molecule has 3 aromatic carbocycles. The van der Waals surface area contributed by atoms with Crippen molar-refractivity contribution in [1.82, 2.24) is 5.43 Å². The monoisotopic (exact) mass is 377 g/mol. The lowest BCUT2D eigenvalue weighted by molar-refractivity contribution is 1.03. The maximum absolute atomic E-state index is 4.66. The summed E-state index contributed by atoms with van der Waals surface area (Å²) < 4.78 is 1.04. The predicted molar refractivity (Wildman–Crippen MR) is 104 cm³/mol. The molecule has 0 radical (unpaired) electrons. The molecule has 0 atom stereocenters. The molecule has 0 heterocycles. The number of halogens is 1. The molecule has 0 aliphatic heterocycles. The number of hydrazone groups is 1. The van der Waals surface area contributed by atoms with Crippen LogP contribution in [0.3, 0.4) is 0 Å². The minimum atomic E-state index is 0.704. The zero-order chi connectivity index (χ0) is 16.6. The Kier molecular flexibility index (Phi) is 5.53. The van der Waals surface area contributed by atoms with Crippen molar-refractivity contribution in [2.45, 2.75) is 0 Å². The van der Waals surface area contributed by atoms with E-state index in [0.717, 1.165) is 21.3 Å². The summed E-state index contributed by atoms with van der Waals surface area (Å²) in [5.74, 6) is 0.704. The van der Waals surface area contributed by atoms with Gasteiger partial charge >= 0.3 is 0 Å². The van der Waals surface area contributed by atoms with Gasteiger partial charge in [0.1, 0.15) is 0 Å². The van der Waals surface area contributed by atoms with Gasteiger partial charge in [0.2, 0.25) is 0 Å². The second kappa shape index (κ2) is 8.22. The summed E-state index contributed by atoms with van der Waals surface area (Å²) in [5, 5.41) is 4.32. The lowest BCUT2D eigenvalue weighted by Crippen LogP contribution is -2.18. The van der Waals surface area contributed by atoms with Crippen molar-refractivity contribution in [3.05, 3.63) is 101 Å².